The standard InChI is InChI=1S/C26H22O7/c27-18-23(33-26(30)21-14-8-3-9-15-21)22(32-25(29)20-12-6-2-7-13-20)16-17-31-24(28)19-10-4-1-5-11-19/h1-15,18,22-23H,16-17H2. The zero-order valence-corrected chi connectivity index (χ0v) is 17.7. The van der Waals surface area contributed by atoms with E-state index in [1.807, 2.05) is 0 Å². The monoisotopic (exact) mass is 446 g/mol. The molecule has 0 amide bonds. The summed E-state index contributed by atoms with van der Waals surface area (Å²) in [4.78, 5) is 49.0. The molecule has 0 bridgehead atoms. The molecule has 3 aromatic rings. The van der Waals surface area contributed by atoms with Gasteiger partial charge in [-0.1, -0.05) is 54.6 Å². The minimum atomic E-state index is -1.39. The zero-order valence-electron chi connectivity index (χ0n) is 17.7. The van der Waals surface area contributed by atoms with Gasteiger partial charge in [-0.2, -0.15) is 0 Å². The first-order valence-corrected chi connectivity index (χ1v) is 10.3. The number of hydrogen-bond acceptors (Lipinski definition) is 7. The second-order valence-corrected chi connectivity index (χ2v) is 6.97. The summed E-state index contributed by atoms with van der Waals surface area (Å²) in [5.74, 6) is -2.00. The molecular formula is C26H22O7. The van der Waals surface area contributed by atoms with Gasteiger partial charge >= 0.3 is 17.9 Å². The molecule has 168 valence electrons. The van der Waals surface area contributed by atoms with Crippen molar-refractivity contribution in [1.82, 2.24) is 0 Å². The molecule has 33 heavy (non-hydrogen) atoms. The Labute approximate surface area is 190 Å². The highest BCUT2D eigenvalue weighted by atomic mass is 16.6. The third-order valence-electron chi connectivity index (χ3n) is 4.67. The maximum Gasteiger partial charge on any atom is 0.338 e. The van der Waals surface area contributed by atoms with Crippen LogP contribution in [0.5, 0.6) is 0 Å². The number of aldehydes is 1. The third kappa shape index (κ3) is 6.87. The maximum atomic E-state index is 12.6. The number of rotatable bonds is 10. The van der Waals surface area contributed by atoms with Crippen molar-refractivity contribution >= 4 is 24.2 Å². The van der Waals surface area contributed by atoms with E-state index in [9.17, 15) is 19.2 Å². The van der Waals surface area contributed by atoms with E-state index in [0.29, 0.717) is 11.8 Å². The highest BCUT2D eigenvalue weighted by Gasteiger charge is 2.30. The van der Waals surface area contributed by atoms with Crippen LogP contribution in [0.2, 0.25) is 0 Å². The molecular weight excluding hydrogens is 424 g/mol. The van der Waals surface area contributed by atoms with Crippen LogP contribution in [-0.2, 0) is 19.0 Å². The first kappa shape index (κ1) is 23.4. The van der Waals surface area contributed by atoms with Gasteiger partial charge in [-0.3, -0.25) is 4.79 Å². The van der Waals surface area contributed by atoms with Crippen LogP contribution in [0.1, 0.15) is 37.5 Å². The number of carbonyl (C=O) groups is 4. The Bertz CT molecular complexity index is 1070. The van der Waals surface area contributed by atoms with Crippen molar-refractivity contribution in [2.45, 2.75) is 18.6 Å². The van der Waals surface area contributed by atoms with Crippen molar-refractivity contribution in [2.75, 3.05) is 6.61 Å². The van der Waals surface area contributed by atoms with E-state index in [0.717, 1.165) is 0 Å². The molecule has 0 spiro atoms. The Hall–Kier alpha value is -4.26. The summed E-state index contributed by atoms with van der Waals surface area (Å²) in [6, 6.07) is 24.7. The molecule has 0 aliphatic rings. The van der Waals surface area contributed by atoms with Gasteiger partial charge in [0.15, 0.2) is 12.4 Å². The number of ether oxygens (including phenoxy) is 3. The van der Waals surface area contributed by atoms with Crippen LogP contribution in [0.3, 0.4) is 0 Å². The molecule has 2 unspecified atom stereocenters. The van der Waals surface area contributed by atoms with Crippen LogP contribution in [-0.4, -0.2) is 43.0 Å². The largest absolute Gasteiger partial charge is 0.462 e. The van der Waals surface area contributed by atoms with Crippen molar-refractivity contribution < 1.29 is 33.4 Å². The van der Waals surface area contributed by atoms with Crippen LogP contribution in [0.15, 0.2) is 91.0 Å². The lowest BCUT2D eigenvalue weighted by Gasteiger charge is -2.23. The predicted octanol–water partition coefficient (Wildman–Crippen LogP) is 3.88. The molecule has 0 aliphatic carbocycles. The molecule has 0 saturated heterocycles. The second kappa shape index (κ2) is 12.0. The fourth-order valence-electron chi connectivity index (χ4n) is 2.95. The smallest absolute Gasteiger partial charge is 0.338 e. The lowest BCUT2D eigenvalue weighted by molar-refractivity contribution is -0.122. The molecule has 0 saturated carbocycles. The van der Waals surface area contributed by atoms with Crippen LogP contribution >= 0.6 is 0 Å². The Balaban J connectivity index is 1.70. The van der Waals surface area contributed by atoms with E-state index in [1.165, 1.54) is 12.1 Å². The maximum absolute atomic E-state index is 12.6. The van der Waals surface area contributed by atoms with E-state index in [2.05, 4.69) is 0 Å². The molecule has 0 fully saturated rings. The average Bonchev–Trinajstić information content (AvgIpc) is 2.88. The molecule has 0 radical (unpaired) electrons. The van der Waals surface area contributed by atoms with E-state index >= 15 is 0 Å². The predicted molar refractivity (Wildman–Crippen MR) is 119 cm³/mol. The Kier molecular flexibility index (Phi) is 8.48. The van der Waals surface area contributed by atoms with Gasteiger partial charge in [0.2, 0.25) is 0 Å². The third-order valence-corrected chi connectivity index (χ3v) is 4.67. The van der Waals surface area contributed by atoms with Gasteiger partial charge < -0.3 is 14.2 Å². The normalized spacial score (nSPS) is 12.1. The summed E-state index contributed by atoms with van der Waals surface area (Å²) in [5.41, 5.74) is 0.869. The molecule has 2 atom stereocenters. The molecule has 0 aliphatic heterocycles. The summed E-state index contributed by atoms with van der Waals surface area (Å²) in [6.45, 7) is -0.159. The van der Waals surface area contributed by atoms with Crippen molar-refractivity contribution in [3.63, 3.8) is 0 Å². The van der Waals surface area contributed by atoms with Crippen molar-refractivity contribution in [2.24, 2.45) is 0 Å². The second-order valence-electron chi connectivity index (χ2n) is 6.97. The van der Waals surface area contributed by atoms with E-state index in [-0.39, 0.29) is 24.2 Å². The van der Waals surface area contributed by atoms with Gasteiger partial charge in [0.1, 0.15) is 6.10 Å². The molecule has 3 rings (SSSR count). The minimum absolute atomic E-state index is 0.0530. The lowest BCUT2D eigenvalue weighted by atomic mass is 10.1. The molecule has 7 heteroatoms. The van der Waals surface area contributed by atoms with Crippen LogP contribution in [0.4, 0.5) is 0 Å². The van der Waals surface area contributed by atoms with Crippen LogP contribution in [0, 0.1) is 0 Å². The van der Waals surface area contributed by atoms with Crippen molar-refractivity contribution in [3.05, 3.63) is 108 Å². The molecule has 3 aromatic carbocycles. The summed E-state index contributed by atoms with van der Waals surface area (Å²) in [5, 5.41) is 0. The average molecular weight is 446 g/mol. The van der Waals surface area contributed by atoms with E-state index < -0.39 is 30.1 Å². The highest BCUT2D eigenvalue weighted by molar-refractivity contribution is 5.91. The molecule has 7 nitrogen and oxygen atoms in total. The van der Waals surface area contributed by atoms with Gasteiger partial charge in [0.25, 0.3) is 0 Å². The van der Waals surface area contributed by atoms with Gasteiger partial charge in [-0.15, -0.1) is 0 Å². The van der Waals surface area contributed by atoms with E-state index in [4.69, 9.17) is 14.2 Å². The number of esters is 3. The van der Waals surface area contributed by atoms with Gasteiger partial charge in [-0.25, -0.2) is 14.4 Å². The topological polar surface area (TPSA) is 96.0 Å². The minimum Gasteiger partial charge on any atom is -0.462 e. The highest BCUT2D eigenvalue weighted by Crippen LogP contribution is 2.15. The number of benzene rings is 3. The summed E-state index contributed by atoms with van der Waals surface area (Å²) in [7, 11) is 0. The van der Waals surface area contributed by atoms with Crippen LogP contribution in [0.25, 0.3) is 0 Å². The van der Waals surface area contributed by atoms with Crippen LogP contribution < -0.4 is 0 Å². The Morgan fingerprint density at radius 1 is 0.636 bits per heavy atom. The van der Waals surface area contributed by atoms with Crippen molar-refractivity contribution in [1.29, 1.82) is 0 Å². The SMILES string of the molecule is O=CC(OC(=O)c1ccccc1)C(CCOC(=O)c1ccccc1)OC(=O)c1ccccc1. The summed E-state index contributed by atoms with van der Waals surface area (Å²) >= 11 is 0. The Morgan fingerprint density at radius 3 is 1.52 bits per heavy atom. The summed E-state index contributed by atoms with van der Waals surface area (Å²) in [6.07, 6.45) is -2.21. The zero-order chi connectivity index (χ0) is 23.5. The van der Waals surface area contributed by atoms with Crippen molar-refractivity contribution in [3.8, 4) is 0 Å². The Morgan fingerprint density at radius 2 is 1.06 bits per heavy atom. The number of carbonyl (C=O) groups excluding carboxylic acids is 4. The number of hydrogen-bond donors (Lipinski definition) is 0. The summed E-state index contributed by atoms with van der Waals surface area (Å²) < 4.78 is 16.0. The van der Waals surface area contributed by atoms with Gasteiger partial charge in [0, 0.05) is 6.42 Å². The van der Waals surface area contributed by atoms with E-state index in [1.54, 1.807) is 78.9 Å². The fourth-order valence-corrected chi connectivity index (χ4v) is 2.95. The first-order chi connectivity index (χ1) is 16.1. The fraction of sp³-hybridized carbons (Fsp3) is 0.154. The lowest BCUT2D eigenvalue weighted by Crippen LogP contribution is -2.37. The molecule has 0 heterocycles. The molecule has 0 aromatic heterocycles. The van der Waals surface area contributed by atoms with Gasteiger partial charge in [0.05, 0.1) is 23.3 Å². The first-order valence-electron chi connectivity index (χ1n) is 10.3. The molecule has 0 N–H and O–H groups in total. The quantitative estimate of drug-likeness (QED) is 0.265. The van der Waals surface area contributed by atoms with Gasteiger partial charge in [-0.05, 0) is 36.4 Å².